The van der Waals surface area contributed by atoms with E-state index in [1.807, 2.05) is 7.05 Å². The number of benzene rings is 1. The van der Waals surface area contributed by atoms with E-state index in [0.29, 0.717) is 24.5 Å². The van der Waals surface area contributed by atoms with Gasteiger partial charge in [0, 0.05) is 32.2 Å². The van der Waals surface area contributed by atoms with E-state index in [-0.39, 0.29) is 5.91 Å². The first kappa shape index (κ1) is 18.5. The molecule has 1 aromatic carbocycles. The third-order valence-corrected chi connectivity index (χ3v) is 5.43. The van der Waals surface area contributed by atoms with Crippen molar-refractivity contribution in [3.63, 3.8) is 0 Å². The van der Waals surface area contributed by atoms with Crippen LogP contribution in [0.3, 0.4) is 0 Å². The molecule has 0 radical (unpaired) electrons. The summed E-state index contributed by atoms with van der Waals surface area (Å²) in [4.78, 5) is 16.7. The van der Waals surface area contributed by atoms with E-state index in [4.69, 9.17) is 4.74 Å². The lowest BCUT2D eigenvalue weighted by Gasteiger charge is -2.36. The molecule has 0 N–H and O–H groups in total. The third-order valence-electron chi connectivity index (χ3n) is 4.19. The Labute approximate surface area is 143 Å². The predicted octanol–water partition coefficient (Wildman–Crippen LogP) is 0.624. The quantitative estimate of drug-likeness (QED) is 0.775. The maximum atomic E-state index is 12.8. The smallest absolute Gasteiger partial charge is 0.246 e. The van der Waals surface area contributed by atoms with Gasteiger partial charge in [-0.05, 0) is 26.1 Å². The molecule has 1 aliphatic rings. The molecular formula is C16H25N3O4S. The topological polar surface area (TPSA) is 70.2 Å². The standard InChI is InChI=1S/C16H25N3O4S/c1-13(16(20)18-10-8-17(2)9-11-18)19(24(4,21)22)14-6-5-7-15(12-14)23-3/h5-7,12-13H,8-11H2,1-4H3. The zero-order valence-electron chi connectivity index (χ0n) is 14.6. The average molecular weight is 355 g/mol. The fraction of sp³-hybridized carbons (Fsp3) is 0.562. The van der Waals surface area contributed by atoms with Gasteiger partial charge in [0.2, 0.25) is 15.9 Å². The molecule has 1 saturated heterocycles. The molecule has 0 spiro atoms. The highest BCUT2D eigenvalue weighted by Gasteiger charge is 2.33. The minimum atomic E-state index is -3.62. The van der Waals surface area contributed by atoms with Crippen molar-refractivity contribution in [2.75, 3.05) is 50.9 Å². The second kappa shape index (κ2) is 7.40. The molecule has 0 aromatic heterocycles. The zero-order chi connectivity index (χ0) is 17.9. The van der Waals surface area contributed by atoms with E-state index in [0.717, 1.165) is 23.7 Å². The summed E-state index contributed by atoms with van der Waals surface area (Å²) in [6.45, 7) is 4.42. The van der Waals surface area contributed by atoms with Crippen LogP contribution in [0.2, 0.25) is 0 Å². The molecule has 134 valence electrons. The highest BCUT2D eigenvalue weighted by molar-refractivity contribution is 7.92. The lowest BCUT2D eigenvalue weighted by Crippen LogP contribution is -2.54. The van der Waals surface area contributed by atoms with Crippen LogP contribution in [-0.4, -0.2) is 76.8 Å². The Balaban J connectivity index is 2.29. The number of hydrogen-bond acceptors (Lipinski definition) is 5. The molecule has 2 rings (SSSR count). The van der Waals surface area contributed by atoms with Gasteiger partial charge in [0.05, 0.1) is 19.1 Å². The van der Waals surface area contributed by atoms with Crippen molar-refractivity contribution in [1.82, 2.24) is 9.80 Å². The predicted molar refractivity (Wildman–Crippen MR) is 93.9 cm³/mol. The van der Waals surface area contributed by atoms with Crippen molar-refractivity contribution in [3.05, 3.63) is 24.3 Å². The van der Waals surface area contributed by atoms with Crippen LogP contribution < -0.4 is 9.04 Å². The molecule has 0 saturated carbocycles. The summed E-state index contributed by atoms with van der Waals surface area (Å²) in [7, 11) is -0.0959. The van der Waals surface area contributed by atoms with E-state index in [1.54, 1.807) is 36.1 Å². The Kier molecular flexibility index (Phi) is 5.71. The van der Waals surface area contributed by atoms with Crippen LogP contribution in [0, 0.1) is 0 Å². The van der Waals surface area contributed by atoms with Crippen molar-refractivity contribution in [1.29, 1.82) is 0 Å². The van der Waals surface area contributed by atoms with Crippen LogP contribution in [0.4, 0.5) is 5.69 Å². The van der Waals surface area contributed by atoms with Crippen LogP contribution in [0.1, 0.15) is 6.92 Å². The van der Waals surface area contributed by atoms with Gasteiger partial charge in [0.1, 0.15) is 11.8 Å². The lowest BCUT2D eigenvalue weighted by molar-refractivity contribution is -0.133. The molecular weight excluding hydrogens is 330 g/mol. The summed E-state index contributed by atoms with van der Waals surface area (Å²) in [5.74, 6) is 0.358. The lowest BCUT2D eigenvalue weighted by atomic mass is 10.2. The number of hydrogen-bond donors (Lipinski definition) is 0. The molecule has 1 heterocycles. The first-order valence-corrected chi connectivity index (χ1v) is 9.69. The molecule has 1 amide bonds. The molecule has 1 atom stereocenters. The molecule has 1 aromatic rings. The fourth-order valence-electron chi connectivity index (χ4n) is 2.84. The van der Waals surface area contributed by atoms with Crippen LogP contribution >= 0.6 is 0 Å². The van der Waals surface area contributed by atoms with Crippen LogP contribution in [0.15, 0.2) is 24.3 Å². The van der Waals surface area contributed by atoms with Gasteiger partial charge >= 0.3 is 0 Å². The maximum absolute atomic E-state index is 12.8. The van der Waals surface area contributed by atoms with Crippen molar-refractivity contribution in [3.8, 4) is 5.75 Å². The first-order chi connectivity index (χ1) is 11.2. The summed E-state index contributed by atoms with van der Waals surface area (Å²) in [6, 6.07) is 5.91. The Morgan fingerprint density at radius 3 is 2.42 bits per heavy atom. The number of carbonyl (C=O) groups is 1. The van der Waals surface area contributed by atoms with Gasteiger partial charge in [-0.1, -0.05) is 6.07 Å². The number of rotatable bonds is 5. The Hall–Kier alpha value is -1.80. The molecule has 1 aliphatic heterocycles. The maximum Gasteiger partial charge on any atom is 0.246 e. The minimum absolute atomic E-state index is 0.184. The SMILES string of the molecule is COc1cccc(N(C(C)C(=O)N2CCN(C)CC2)S(C)(=O)=O)c1. The summed E-state index contributed by atoms with van der Waals surface area (Å²) in [5, 5.41) is 0. The van der Waals surface area contributed by atoms with E-state index < -0.39 is 16.1 Å². The molecule has 1 fully saturated rings. The molecule has 0 bridgehead atoms. The molecule has 7 nitrogen and oxygen atoms in total. The van der Waals surface area contributed by atoms with Gasteiger partial charge in [0.15, 0.2) is 0 Å². The van der Waals surface area contributed by atoms with Crippen molar-refractivity contribution in [2.45, 2.75) is 13.0 Å². The van der Waals surface area contributed by atoms with Gasteiger partial charge in [-0.2, -0.15) is 0 Å². The number of ether oxygens (including phenoxy) is 1. The van der Waals surface area contributed by atoms with Crippen molar-refractivity contribution < 1.29 is 17.9 Å². The third kappa shape index (κ3) is 4.18. The van der Waals surface area contributed by atoms with Crippen LogP contribution in [0.25, 0.3) is 0 Å². The summed E-state index contributed by atoms with van der Waals surface area (Å²) in [6.07, 6.45) is 1.11. The van der Waals surface area contributed by atoms with Gasteiger partial charge in [-0.15, -0.1) is 0 Å². The number of methoxy groups -OCH3 is 1. The van der Waals surface area contributed by atoms with Crippen LogP contribution in [-0.2, 0) is 14.8 Å². The van der Waals surface area contributed by atoms with E-state index in [2.05, 4.69) is 4.90 Å². The van der Waals surface area contributed by atoms with E-state index in [1.165, 1.54) is 7.11 Å². The number of piperazine rings is 1. The second-order valence-electron chi connectivity index (χ2n) is 6.06. The normalized spacial score (nSPS) is 17.4. The largest absolute Gasteiger partial charge is 0.497 e. The molecule has 0 aliphatic carbocycles. The fourth-order valence-corrected chi connectivity index (χ4v) is 4.00. The average Bonchev–Trinajstić information content (AvgIpc) is 2.54. The Bertz CT molecular complexity index is 684. The number of amides is 1. The van der Waals surface area contributed by atoms with Gasteiger partial charge in [0.25, 0.3) is 0 Å². The monoisotopic (exact) mass is 355 g/mol. The summed E-state index contributed by atoms with van der Waals surface area (Å²) >= 11 is 0. The minimum Gasteiger partial charge on any atom is -0.497 e. The van der Waals surface area contributed by atoms with Crippen molar-refractivity contribution >= 4 is 21.6 Å². The Morgan fingerprint density at radius 1 is 1.25 bits per heavy atom. The van der Waals surface area contributed by atoms with Gasteiger partial charge < -0.3 is 14.5 Å². The second-order valence-corrected chi connectivity index (χ2v) is 7.92. The van der Waals surface area contributed by atoms with E-state index in [9.17, 15) is 13.2 Å². The van der Waals surface area contributed by atoms with Gasteiger partial charge in [-0.25, -0.2) is 8.42 Å². The molecule has 24 heavy (non-hydrogen) atoms. The van der Waals surface area contributed by atoms with Crippen LogP contribution in [0.5, 0.6) is 5.75 Å². The summed E-state index contributed by atoms with van der Waals surface area (Å²) < 4.78 is 31.0. The Morgan fingerprint density at radius 2 is 1.88 bits per heavy atom. The van der Waals surface area contributed by atoms with Crippen molar-refractivity contribution in [2.24, 2.45) is 0 Å². The molecule has 8 heteroatoms. The highest BCUT2D eigenvalue weighted by atomic mass is 32.2. The number of nitrogens with zero attached hydrogens (tertiary/aromatic N) is 3. The zero-order valence-corrected chi connectivity index (χ0v) is 15.4. The number of sulfonamides is 1. The number of anilines is 1. The number of carbonyl (C=O) groups excluding carboxylic acids is 1. The molecule has 1 unspecified atom stereocenters. The van der Waals surface area contributed by atoms with E-state index >= 15 is 0 Å². The summed E-state index contributed by atoms with van der Waals surface area (Å²) in [5.41, 5.74) is 0.423. The van der Waals surface area contributed by atoms with Gasteiger partial charge in [-0.3, -0.25) is 9.10 Å². The first-order valence-electron chi connectivity index (χ1n) is 7.85. The highest BCUT2D eigenvalue weighted by Crippen LogP contribution is 2.26. The number of likely N-dealkylation sites (N-methyl/N-ethyl adjacent to an activating group) is 1.